The first-order valence-electron chi connectivity index (χ1n) is 1.97. The lowest BCUT2D eigenvalue weighted by atomic mass is 10.1. The molecule has 0 aliphatic heterocycles. The smallest absolute Gasteiger partial charge is 0.189 e. The fraction of sp³-hybridized carbons (Fsp3) is 0.250. The predicted molar refractivity (Wildman–Crippen MR) is 26.6 cm³/mol. The Morgan fingerprint density at radius 1 is 1.86 bits per heavy atom. The molecule has 7 heavy (non-hydrogen) atoms. The number of nitrogens with zero attached hydrogens (tertiary/aromatic N) is 1. The van der Waals surface area contributed by atoms with E-state index in [2.05, 4.69) is 4.98 Å². The summed E-state index contributed by atoms with van der Waals surface area (Å²) in [5.41, 5.74) is 0.373. The highest BCUT2D eigenvalue weighted by molar-refractivity contribution is 6.29. The Kier molecular flexibility index (Phi) is 0.892. The minimum atomic E-state index is 0.373. The molecular weight excluding hydrogens is 88.9 g/mol. The molecule has 0 saturated carbocycles. The van der Waals surface area contributed by atoms with Crippen LogP contribution in [0.3, 0.4) is 0 Å². The Balaban J connectivity index is 3.04. The molecule has 0 unspecified atom stereocenters. The van der Waals surface area contributed by atoms with E-state index in [1.54, 1.807) is 6.92 Å². The summed E-state index contributed by atoms with van der Waals surface area (Å²) in [7, 11) is 5.15. The van der Waals surface area contributed by atoms with Gasteiger partial charge in [-0.05, 0) is 0 Å². The molecule has 1 aromatic heterocycles. The lowest BCUT2D eigenvalue weighted by Crippen LogP contribution is -1.93. The fourth-order valence-corrected chi connectivity index (χ4v) is 0.378. The first-order chi connectivity index (χ1) is 3.29. The number of hydrogen-bond donors (Lipinski definition) is 0. The van der Waals surface area contributed by atoms with Crippen molar-refractivity contribution in [1.29, 1.82) is 0 Å². The molecule has 2 nitrogen and oxygen atoms in total. The summed E-state index contributed by atoms with van der Waals surface area (Å²) < 4.78 is 4.75. The average Bonchev–Trinajstić information content (AvgIpc) is 1.87. The van der Waals surface area contributed by atoms with Gasteiger partial charge in [-0.1, -0.05) is 0 Å². The van der Waals surface area contributed by atoms with Crippen LogP contribution >= 0.6 is 0 Å². The molecule has 0 fully saturated rings. The summed E-state index contributed by atoms with van der Waals surface area (Å²) in [5, 5.41) is 0. The lowest BCUT2D eigenvalue weighted by Gasteiger charge is -1.73. The van der Waals surface area contributed by atoms with Crippen LogP contribution in [0.15, 0.2) is 10.6 Å². The SMILES string of the molecule is [B]c1cnc(C)o1. The minimum Gasteiger partial charge on any atom is -0.458 e. The van der Waals surface area contributed by atoms with Crippen LogP contribution in [-0.4, -0.2) is 12.8 Å². The van der Waals surface area contributed by atoms with Crippen molar-refractivity contribution in [3.8, 4) is 0 Å². The summed E-state index contributed by atoms with van der Waals surface area (Å²) in [6.07, 6.45) is 1.48. The standard InChI is InChI=1S/C4H4BNO/c1-3-6-2-4(5)7-3/h2H,1H3. The molecule has 0 amide bonds. The van der Waals surface area contributed by atoms with Crippen LogP contribution in [0.25, 0.3) is 0 Å². The summed E-state index contributed by atoms with van der Waals surface area (Å²) in [6, 6.07) is 0. The second-order valence-electron chi connectivity index (χ2n) is 1.28. The van der Waals surface area contributed by atoms with Gasteiger partial charge in [-0.15, -0.1) is 0 Å². The van der Waals surface area contributed by atoms with E-state index in [9.17, 15) is 0 Å². The van der Waals surface area contributed by atoms with Crippen LogP contribution in [-0.2, 0) is 0 Å². The highest BCUT2D eigenvalue weighted by atomic mass is 16.3. The van der Waals surface area contributed by atoms with E-state index in [1.807, 2.05) is 0 Å². The number of aromatic nitrogens is 1. The van der Waals surface area contributed by atoms with Gasteiger partial charge in [0.05, 0.1) is 11.9 Å². The Bertz CT molecular complexity index is 144. The van der Waals surface area contributed by atoms with Gasteiger partial charge in [-0.3, -0.25) is 0 Å². The molecule has 34 valence electrons. The van der Waals surface area contributed by atoms with E-state index in [-0.39, 0.29) is 0 Å². The molecule has 0 saturated heterocycles. The molecule has 0 spiro atoms. The van der Waals surface area contributed by atoms with Gasteiger partial charge in [0, 0.05) is 6.92 Å². The topological polar surface area (TPSA) is 26.0 Å². The highest BCUT2D eigenvalue weighted by Crippen LogP contribution is 1.83. The van der Waals surface area contributed by atoms with Gasteiger partial charge in [0.25, 0.3) is 0 Å². The van der Waals surface area contributed by atoms with Crippen LogP contribution < -0.4 is 5.66 Å². The average molecular weight is 92.9 g/mol. The number of aryl methyl sites for hydroxylation is 1. The Labute approximate surface area is 43.0 Å². The molecule has 1 aromatic rings. The normalized spacial score (nSPS) is 9.29. The van der Waals surface area contributed by atoms with Gasteiger partial charge in [-0.2, -0.15) is 0 Å². The highest BCUT2D eigenvalue weighted by Gasteiger charge is 1.87. The Hall–Kier alpha value is -0.725. The minimum absolute atomic E-state index is 0.373. The maximum atomic E-state index is 5.15. The molecule has 2 radical (unpaired) electrons. The maximum absolute atomic E-state index is 5.15. The fourth-order valence-electron chi connectivity index (χ4n) is 0.378. The van der Waals surface area contributed by atoms with Crippen LogP contribution in [0.5, 0.6) is 0 Å². The molecule has 1 heterocycles. The van der Waals surface area contributed by atoms with Crippen LogP contribution in [0.4, 0.5) is 0 Å². The Morgan fingerprint density at radius 3 is 2.71 bits per heavy atom. The van der Waals surface area contributed by atoms with Crippen molar-refractivity contribution < 1.29 is 4.42 Å². The molecule has 0 bridgehead atoms. The van der Waals surface area contributed by atoms with E-state index in [1.165, 1.54) is 6.20 Å². The molecule has 1 rings (SSSR count). The first kappa shape index (κ1) is 4.43. The molecule has 0 aromatic carbocycles. The molecule has 0 aliphatic carbocycles. The monoisotopic (exact) mass is 93.0 g/mol. The van der Waals surface area contributed by atoms with Crippen LogP contribution in [0.2, 0.25) is 0 Å². The van der Waals surface area contributed by atoms with Crippen molar-refractivity contribution in [2.24, 2.45) is 0 Å². The molecule has 3 heteroatoms. The number of oxazole rings is 1. The van der Waals surface area contributed by atoms with E-state index >= 15 is 0 Å². The number of rotatable bonds is 0. The predicted octanol–water partition coefficient (Wildman–Crippen LogP) is -0.223. The van der Waals surface area contributed by atoms with Gasteiger partial charge < -0.3 is 4.42 Å². The number of hydrogen-bond acceptors (Lipinski definition) is 2. The van der Waals surface area contributed by atoms with Gasteiger partial charge in [0.2, 0.25) is 0 Å². The lowest BCUT2D eigenvalue weighted by molar-refractivity contribution is 0.550. The van der Waals surface area contributed by atoms with E-state index in [0.717, 1.165) is 0 Å². The quantitative estimate of drug-likeness (QED) is 0.414. The van der Waals surface area contributed by atoms with E-state index in [0.29, 0.717) is 11.6 Å². The zero-order chi connectivity index (χ0) is 5.28. The third-order valence-corrected chi connectivity index (χ3v) is 0.639. The van der Waals surface area contributed by atoms with Crippen LogP contribution in [0.1, 0.15) is 5.89 Å². The molecular formula is C4H4BNO. The zero-order valence-corrected chi connectivity index (χ0v) is 4.01. The van der Waals surface area contributed by atoms with Crippen molar-refractivity contribution in [3.05, 3.63) is 12.1 Å². The van der Waals surface area contributed by atoms with Gasteiger partial charge >= 0.3 is 0 Å². The van der Waals surface area contributed by atoms with Crippen molar-refractivity contribution in [2.45, 2.75) is 6.92 Å². The summed E-state index contributed by atoms with van der Waals surface area (Å²) in [6.45, 7) is 1.75. The second kappa shape index (κ2) is 1.41. The third kappa shape index (κ3) is 0.826. The molecule has 0 aliphatic rings. The summed E-state index contributed by atoms with van der Waals surface area (Å²) in [5.74, 6) is 0.609. The van der Waals surface area contributed by atoms with Crippen molar-refractivity contribution in [1.82, 2.24) is 4.98 Å². The van der Waals surface area contributed by atoms with Crippen molar-refractivity contribution >= 4 is 13.5 Å². The molecule has 0 N–H and O–H groups in total. The van der Waals surface area contributed by atoms with E-state index < -0.39 is 0 Å². The van der Waals surface area contributed by atoms with Gasteiger partial charge in [-0.25, -0.2) is 4.98 Å². The second-order valence-corrected chi connectivity index (χ2v) is 1.28. The Morgan fingerprint density at radius 2 is 2.57 bits per heavy atom. The maximum Gasteiger partial charge on any atom is 0.189 e. The van der Waals surface area contributed by atoms with Crippen molar-refractivity contribution in [2.75, 3.05) is 0 Å². The van der Waals surface area contributed by atoms with Gasteiger partial charge in [0.1, 0.15) is 0 Å². The van der Waals surface area contributed by atoms with Crippen LogP contribution in [0, 0.1) is 6.92 Å². The summed E-state index contributed by atoms with van der Waals surface area (Å²) >= 11 is 0. The van der Waals surface area contributed by atoms with Crippen molar-refractivity contribution in [3.63, 3.8) is 0 Å². The zero-order valence-electron chi connectivity index (χ0n) is 4.01. The first-order valence-corrected chi connectivity index (χ1v) is 1.97. The third-order valence-electron chi connectivity index (χ3n) is 0.639. The van der Waals surface area contributed by atoms with Gasteiger partial charge in [0.15, 0.2) is 13.7 Å². The molecule has 0 atom stereocenters. The van der Waals surface area contributed by atoms with E-state index in [4.69, 9.17) is 12.3 Å². The summed E-state index contributed by atoms with van der Waals surface area (Å²) in [4.78, 5) is 3.72. The largest absolute Gasteiger partial charge is 0.458 e.